The van der Waals surface area contributed by atoms with Crippen LogP contribution in [-0.4, -0.2) is 16.1 Å². The molecule has 1 aromatic heterocycles. The molecule has 2 aromatic rings. The highest BCUT2D eigenvalue weighted by molar-refractivity contribution is 6.03. The fourth-order valence-electron chi connectivity index (χ4n) is 1.15. The van der Waals surface area contributed by atoms with E-state index in [4.69, 9.17) is 5.73 Å². The number of amides is 1. The molecule has 5 heteroatoms. The molecule has 76 valence electrons. The van der Waals surface area contributed by atoms with E-state index in [9.17, 15) is 4.79 Å². The zero-order valence-corrected chi connectivity index (χ0v) is 7.90. The Bertz CT molecular complexity index is 447. The topological polar surface area (TPSA) is 83.8 Å². The third-order valence-corrected chi connectivity index (χ3v) is 1.92. The van der Waals surface area contributed by atoms with E-state index in [0.717, 1.165) is 0 Å². The number of hydrogen-bond acceptors (Lipinski definition) is 3. The van der Waals surface area contributed by atoms with Crippen molar-refractivity contribution in [3.8, 4) is 0 Å². The van der Waals surface area contributed by atoms with E-state index >= 15 is 0 Å². The molecule has 0 aliphatic carbocycles. The third kappa shape index (κ3) is 2.14. The van der Waals surface area contributed by atoms with E-state index in [2.05, 4.69) is 15.5 Å². The molecule has 0 aliphatic rings. The van der Waals surface area contributed by atoms with Crippen LogP contribution in [0.3, 0.4) is 0 Å². The van der Waals surface area contributed by atoms with Crippen LogP contribution in [0.1, 0.15) is 10.4 Å². The molecule has 0 atom stereocenters. The minimum atomic E-state index is -0.195. The lowest BCUT2D eigenvalue weighted by atomic mass is 10.2. The van der Waals surface area contributed by atoms with Crippen molar-refractivity contribution in [2.75, 3.05) is 11.1 Å². The zero-order chi connectivity index (χ0) is 10.7. The van der Waals surface area contributed by atoms with Crippen molar-refractivity contribution in [2.24, 2.45) is 0 Å². The standard InChI is InChI=1S/C10H10N4O/c11-8-3-1-7(2-4-8)10(15)13-9-5-6-12-14-9/h1-6H,11H2,(H2,12,13,14,15). The third-order valence-electron chi connectivity index (χ3n) is 1.92. The Kier molecular flexibility index (Phi) is 2.37. The fourth-order valence-corrected chi connectivity index (χ4v) is 1.15. The molecule has 1 aromatic carbocycles. The molecule has 5 nitrogen and oxygen atoms in total. The maximum absolute atomic E-state index is 11.6. The predicted molar refractivity (Wildman–Crippen MR) is 57.4 cm³/mol. The van der Waals surface area contributed by atoms with Crippen LogP contribution >= 0.6 is 0 Å². The Hall–Kier alpha value is -2.30. The van der Waals surface area contributed by atoms with Crippen molar-refractivity contribution in [3.63, 3.8) is 0 Å². The number of nitrogens with one attached hydrogen (secondary N) is 2. The minimum absolute atomic E-state index is 0.195. The van der Waals surface area contributed by atoms with Crippen LogP contribution in [0.2, 0.25) is 0 Å². The van der Waals surface area contributed by atoms with Crippen LogP contribution in [0.25, 0.3) is 0 Å². The van der Waals surface area contributed by atoms with Gasteiger partial charge in [0.15, 0.2) is 0 Å². The monoisotopic (exact) mass is 202 g/mol. The Morgan fingerprint density at radius 3 is 2.60 bits per heavy atom. The van der Waals surface area contributed by atoms with Gasteiger partial charge < -0.3 is 11.1 Å². The number of aromatic nitrogens is 2. The summed E-state index contributed by atoms with van der Waals surface area (Å²) < 4.78 is 0. The van der Waals surface area contributed by atoms with Crippen molar-refractivity contribution in [1.29, 1.82) is 0 Å². The molecule has 0 unspecified atom stereocenters. The number of carbonyl (C=O) groups excluding carboxylic acids is 1. The summed E-state index contributed by atoms with van der Waals surface area (Å²) in [7, 11) is 0. The van der Waals surface area contributed by atoms with Gasteiger partial charge in [0.1, 0.15) is 5.82 Å². The number of nitrogens with zero attached hydrogens (tertiary/aromatic N) is 1. The number of hydrogen-bond donors (Lipinski definition) is 3. The molecule has 0 fully saturated rings. The number of carbonyl (C=O) groups is 1. The van der Waals surface area contributed by atoms with E-state index in [1.807, 2.05) is 0 Å². The Morgan fingerprint density at radius 2 is 2.00 bits per heavy atom. The fraction of sp³-hybridized carbons (Fsp3) is 0. The van der Waals surface area contributed by atoms with Gasteiger partial charge in [-0.05, 0) is 24.3 Å². The highest BCUT2D eigenvalue weighted by Gasteiger charge is 2.05. The molecule has 0 radical (unpaired) electrons. The average Bonchev–Trinajstić information content (AvgIpc) is 2.71. The largest absolute Gasteiger partial charge is 0.399 e. The summed E-state index contributed by atoms with van der Waals surface area (Å²) in [5.74, 6) is 0.371. The van der Waals surface area contributed by atoms with Crippen LogP contribution < -0.4 is 11.1 Å². The summed E-state index contributed by atoms with van der Waals surface area (Å²) in [5.41, 5.74) is 6.70. The van der Waals surface area contributed by atoms with Crippen molar-refractivity contribution >= 4 is 17.4 Å². The van der Waals surface area contributed by atoms with Crippen molar-refractivity contribution in [1.82, 2.24) is 10.2 Å². The normalized spacial score (nSPS) is 9.87. The predicted octanol–water partition coefficient (Wildman–Crippen LogP) is 1.24. The number of anilines is 2. The summed E-state index contributed by atoms with van der Waals surface area (Å²) >= 11 is 0. The van der Waals surface area contributed by atoms with Gasteiger partial charge in [-0.2, -0.15) is 5.10 Å². The first-order valence-corrected chi connectivity index (χ1v) is 4.42. The van der Waals surface area contributed by atoms with Crippen molar-refractivity contribution in [2.45, 2.75) is 0 Å². The van der Waals surface area contributed by atoms with E-state index in [0.29, 0.717) is 17.1 Å². The van der Waals surface area contributed by atoms with E-state index in [1.54, 1.807) is 36.5 Å². The first kappa shape index (κ1) is 9.26. The highest BCUT2D eigenvalue weighted by atomic mass is 16.1. The summed E-state index contributed by atoms with van der Waals surface area (Å²) in [6, 6.07) is 8.38. The molecule has 0 bridgehead atoms. The second-order valence-electron chi connectivity index (χ2n) is 3.05. The molecule has 4 N–H and O–H groups in total. The van der Waals surface area contributed by atoms with Gasteiger partial charge in [0.25, 0.3) is 5.91 Å². The molecular weight excluding hydrogens is 192 g/mol. The molecule has 0 aliphatic heterocycles. The van der Waals surface area contributed by atoms with Gasteiger partial charge in [0.05, 0.1) is 6.20 Å². The van der Waals surface area contributed by atoms with Crippen LogP contribution in [0.4, 0.5) is 11.5 Å². The molecule has 1 amide bonds. The quantitative estimate of drug-likeness (QED) is 0.640. The van der Waals surface area contributed by atoms with Crippen LogP contribution in [-0.2, 0) is 0 Å². The Balaban J connectivity index is 2.11. The zero-order valence-electron chi connectivity index (χ0n) is 7.90. The lowest BCUT2D eigenvalue weighted by molar-refractivity contribution is 0.102. The molecule has 0 saturated carbocycles. The molecule has 15 heavy (non-hydrogen) atoms. The molecule has 0 saturated heterocycles. The van der Waals surface area contributed by atoms with Crippen molar-refractivity contribution < 1.29 is 4.79 Å². The highest BCUT2D eigenvalue weighted by Crippen LogP contribution is 2.08. The maximum atomic E-state index is 11.6. The number of benzene rings is 1. The van der Waals surface area contributed by atoms with Gasteiger partial charge in [-0.15, -0.1) is 0 Å². The maximum Gasteiger partial charge on any atom is 0.256 e. The van der Waals surface area contributed by atoms with Gasteiger partial charge in [0, 0.05) is 17.3 Å². The first-order valence-electron chi connectivity index (χ1n) is 4.42. The molecule has 2 rings (SSSR count). The molecular formula is C10H10N4O. The van der Waals surface area contributed by atoms with Gasteiger partial charge >= 0.3 is 0 Å². The van der Waals surface area contributed by atoms with Crippen LogP contribution in [0, 0.1) is 0 Å². The van der Waals surface area contributed by atoms with Crippen LogP contribution in [0.5, 0.6) is 0 Å². The summed E-state index contributed by atoms with van der Waals surface area (Å²) in [5, 5.41) is 9.03. The molecule has 1 heterocycles. The van der Waals surface area contributed by atoms with Gasteiger partial charge in [-0.25, -0.2) is 0 Å². The number of nitrogen functional groups attached to an aromatic ring is 1. The smallest absolute Gasteiger partial charge is 0.256 e. The summed E-state index contributed by atoms with van der Waals surface area (Å²) in [6.45, 7) is 0. The lowest BCUT2D eigenvalue weighted by Crippen LogP contribution is -2.12. The number of nitrogens with two attached hydrogens (primary N) is 1. The minimum Gasteiger partial charge on any atom is -0.399 e. The SMILES string of the molecule is Nc1ccc(C(=O)Nc2ccn[nH]2)cc1. The summed E-state index contributed by atoms with van der Waals surface area (Å²) in [6.07, 6.45) is 1.57. The van der Waals surface area contributed by atoms with Crippen LogP contribution in [0.15, 0.2) is 36.5 Å². The first-order chi connectivity index (χ1) is 7.25. The Morgan fingerprint density at radius 1 is 1.27 bits per heavy atom. The van der Waals surface area contributed by atoms with Gasteiger partial charge in [-0.3, -0.25) is 9.89 Å². The van der Waals surface area contributed by atoms with E-state index in [1.165, 1.54) is 0 Å². The second kappa shape index (κ2) is 3.83. The lowest BCUT2D eigenvalue weighted by Gasteiger charge is -2.02. The molecule has 0 spiro atoms. The van der Waals surface area contributed by atoms with E-state index < -0.39 is 0 Å². The van der Waals surface area contributed by atoms with Gasteiger partial charge in [0.2, 0.25) is 0 Å². The van der Waals surface area contributed by atoms with E-state index in [-0.39, 0.29) is 5.91 Å². The number of aromatic amines is 1. The number of H-pyrrole nitrogens is 1. The van der Waals surface area contributed by atoms with Crippen molar-refractivity contribution in [3.05, 3.63) is 42.1 Å². The Labute approximate surface area is 86.3 Å². The average molecular weight is 202 g/mol. The number of rotatable bonds is 2. The second-order valence-corrected chi connectivity index (χ2v) is 3.05. The summed E-state index contributed by atoms with van der Waals surface area (Å²) in [4.78, 5) is 11.6. The van der Waals surface area contributed by atoms with Gasteiger partial charge in [-0.1, -0.05) is 0 Å².